The molecule has 128 valence electrons. The van der Waals surface area contributed by atoms with Crippen LogP contribution in [0.3, 0.4) is 0 Å². The molecule has 0 bridgehead atoms. The Balaban J connectivity index is 1.63. The molecule has 3 rings (SSSR count). The van der Waals surface area contributed by atoms with Crippen LogP contribution in [0, 0.1) is 0 Å². The van der Waals surface area contributed by atoms with Crippen molar-refractivity contribution in [2.75, 3.05) is 0 Å². The van der Waals surface area contributed by atoms with Crippen molar-refractivity contribution in [3.63, 3.8) is 0 Å². The van der Waals surface area contributed by atoms with Gasteiger partial charge in [-0.3, -0.25) is 9.89 Å². The van der Waals surface area contributed by atoms with Crippen LogP contribution >= 0.6 is 11.6 Å². The Morgan fingerprint density at radius 3 is 2.60 bits per heavy atom. The number of benzene rings is 2. The van der Waals surface area contributed by atoms with Gasteiger partial charge in [-0.25, -0.2) is 0 Å². The van der Waals surface area contributed by atoms with Gasteiger partial charge < -0.3 is 5.32 Å². The van der Waals surface area contributed by atoms with Gasteiger partial charge in [0.1, 0.15) is 0 Å². The highest BCUT2D eigenvalue weighted by Gasteiger charge is 2.17. The third-order valence-corrected chi connectivity index (χ3v) is 4.36. The first-order valence-electron chi connectivity index (χ1n) is 8.27. The number of H-pyrrole nitrogens is 1. The monoisotopic (exact) mass is 353 g/mol. The van der Waals surface area contributed by atoms with Crippen molar-refractivity contribution < 1.29 is 4.79 Å². The van der Waals surface area contributed by atoms with E-state index >= 15 is 0 Å². The number of hydrogen-bond acceptors (Lipinski definition) is 2. The fraction of sp³-hybridized carbons (Fsp3) is 0.200. The first-order chi connectivity index (χ1) is 12.1. The van der Waals surface area contributed by atoms with Crippen LogP contribution in [0.25, 0.3) is 11.3 Å². The number of carbonyl (C=O) groups is 1. The van der Waals surface area contributed by atoms with E-state index in [0.29, 0.717) is 16.3 Å². The lowest BCUT2D eigenvalue weighted by Gasteiger charge is -2.14. The number of amides is 1. The van der Waals surface area contributed by atoms with Gasteiger partial charge in [0.05, 0.1) is 17.5 Å². The number of carbonyl (C=O) groups excluding carboxylic acids is 1. The Morgan fingerprint density at radius 2 is 1.88 bits per heavy atom. The van der Waals surface area contributed by atoms with Crippen molar-refractivity contribution in [3.8, 4) is 11.3 Å². The van der Waals surface area contributed by atoms with Gasteiger partial charge >= 0.3 is 0 Å². The van der Waals surface area contributed by atoms with Crippen LogP contribution in [0.2, 0.25) is 5.02 Å². The molecule has 1 unspecified atom stereocenters. The second kappa shape index (κ2) is 7.99. The van der Waals surface area contributed by atoms with Gasteiger partial charge in [-0.2, -0.15) is 5.10 Å². The van der Waals surface area contributed by atoms with Crippen LogP contribution < -0.4 is 5.32 Å². The van der Waals surface area contributed by atoms with Crippen LogP contribution in [0.4, 0.5) is 0 Å². The lowest BCUT2D eigenvalue weighted by Crippen LogP contribution is -2.33. The molecule has 1 amide bonds. The van der Waals surface area contributed by atoms with Crippen LogP contribution in [-0.2, 0) is 6.42 Å². The third kappa shape index (κ3) is 4.48. The number of aryl methyl sites for hydroxylation is 1. The summed E-state index contributed by atoms with van der Waals surface area (Å²) in [5.74, 6) is -0.126. The van der Waals surface area contributed by atoms with Crippen LogP contribution in [-0.4, -0.2) is 22.1 Å². The van der Waals surface area contributed by atoms with E-state index in [2.05, 4.69) is 27.6 Å². The molecule has 5 heteroatoms. The van der Waals surface area contributed by atoms with E-state index in [0.717, 1.165) is 18.4 Å². The van der Waals surface area contributed by atoms with E-state index in [9.17, 15) is 4.79 Å². The summed E-state index contributed by atoms with van der Waals surface area (Å²) < 4.78 is 0. The van der Waals surface area contributed by atoms with Gasteiger partial charge in [0.25, 0.3) is 5.91 Å². The molecule has 0 saturated carbocycles. The van der Waals surface area contributed by atoms with Gasteiger partial charge in [0, 0.05) is 16.6 Å². The summed E-state index contributed by atoms with van der Waals surface area (Å²) in [5.41, 5.74) is 3.39. The molecule has 4 nitrogen and oxygen atoms in total. The van der Waals surface area contributed by atoms with Crippen molar-refractivity contribution in [1.29, 1.82) is 0 Å². The molecular weight excluding hydrogens is 334 g/mol. The molecule has 0 saturated heterocycles. The highest BCUT2D eigenvalue weighted by molar-refractivity contribution is 6.30. The summed E-state index contributed by atoms with van der Waals surface area (Å²) in [7, 11) is 0. The Hall–Kier alpha value is -2.59. The second-order valence-corrected chi connectivity index (χ2v) is 6.50. The highest BCUT2D eigenvalue weighted by atomic mass is 35.5. The van der Waals surface area contributed by atoms with Crippen molar-refractivity contribution >= 4 is 17.5 Å². The average Bonchev–Trinajstić information content (AvgIpc) is 3.11. The van der Waals surface area contributed by atoms with Gasteiger partial charge in [-0.15, -0.1) is 0 Å². The molecule has 0 radical (unpaired) electrons. The maximum atomic E-state index is 12.6. The van der Waals surface area contributed by atoms with Crippen molar-refractivity contribution in [2.24, 2.45) is 0 Å². The molecule has 0 aliphatic rings. The lowest BCUT2D eigenvalue weighted by atomic mass is 10.0. The normalized spacial score (nSPS) is 11.9. The number of aromatic nitrogens is 2. The molecule has 0 aliphatic carbocycles. The second-order valence-electron chi connectivity index (χ2n) is 6.06. The molecule has 1 aromatic heterocycles. The summed E-state index contributed by atoms with van der Waals surface area (Å²) >= 11 is 5.92. The molecule has 2 N–H and O–H groups in total. The molecule has 1 heterocycles. The van der Waals surface area contributed by atoms with Crippen LogP contribution in [0.1, 0.15) is 29.3 Å². The Bertz CT molecular complexity index is 828. The molecule has 3 aromatic rings. The minimum Gasteiger partial charge on any atom is -0.349 e. The van der Waals surface area contributed by atoms with Gasteiger partial charge in [-0.05, 0) is 37.5 Å². The first-order valence-corrected chi connectivity index (χ1v) is 8.65. The smallest absolute Gasteiger partial charge is 0.255 e. The van der Waals surface area contributed by atoms with Crippen LogP contribution in [0.5, 0.6) is 0 Å². The summed E-state index contributed by atoms with van der Waals surface area (Å²) in [5, 5.41) is 10.6. The summed E-state index contributed by atoms with van der Waals surface area (Å²) in [6, 6.07) is 17.7. The zero-order chi connectivity index (χ0) is 17.6. The number of nitrogens with one attached hydrogen (secondary N) is 2. The number of hydrogen-bond donors (Lipinski definition) is 2. The number of aromatic amines is 1. The fourth-order valence-electron chi connectivity index (χ4n) is 2.70. The van der Waals surface area contributed by atoms with E-state index in [1.807, 2.05) is 37.3 Å². The first kappa shape index (κ1) is 17.2. The average molecular weight is 354 g/mol. The summed E-state index contributed by atoms with van der Waals surface area (Å²) in [4.78, 5) is 12.6. The van der Waals surface area contributed by atoms with Crippen LogP contribution in [0.15, 0.2) is 60.8 Å². The predicted molar refractivity (Wildman–Crippen MR) is 101 cm³/mol. The summed E-state index contributed by atoms with van der Waals surface area (Å²) in [6.07, 6.45) is 3.37. The Morgan fingerprint density at radius 1 is 1.16 bits per heavy atom. The van der Waals surface area contributed by atoms with Crippen molar-refractivity contribution in [3.05, 3.63) is 76.9 Å². The molecule has 2 aromatic carbocycles. The third-order valence-electron chi connectivity index (χ3n) is 4.10. The number of rotatable bonds is 6. The van der Waals surface area contributed by atoms with Crippen molar-refractivity contribution in [2.45, 2.75) is 25.8 Å². The number of halogens is 1. The van der Waals surface area contributed by atoms with E-state index in [1.54, 1.807) is 18.3 Å². The van der Waals surface area contributed by atoms with Gasteiger partial charge in [0.2, 0.25) is 0 Å². The van der Waals surface area contributed by atoms with E-state index < -0.39 is 0 Å². The minimum atomic E-state index is -0.126. The molecule has 25 heavy (non-hydrogen) atoms. The zero-order valence-corrected chi connectivity index (χ0v) is 14.8. The predicted octanol–water partition coefficient (Wildman–Crippen LogP) is 4.48. The molecule has 0 aliphatic heterocycles. The van der Waals surface area contributed by atoms with Gasteiger partial charge in [0.15, 0.2) is 0 Å². The topological polar surface area (TPSA) is 57.8 Å². The quantitative estimate of drug-likeness (QED) is 0.686. The minimum absolute atomic E-state index is 0.0701. The fourth-order valence-corrected chi connectivity index (χ4v) is 2.82. The maximum absolute atomic E-state index is 12.6. The lowest BCUT2D eigenvalue weighted by molar-refractivity contribution is 0.0939. The molecule has 1 atom stereocenters. The van der Waals surface area contributed by atoms with Crippen molar-refractivity contribution in [1.82, 2.24) is 15.5 Å². The standard InChI is InChI=1S/C20H20ClN3O/c1-14(7-8-15-5-3-2-4-6-15)23-20(25)18-13-22-24-19(18)16-9-11-17(21)12-10-16/h2-6,9-14H,7-8H2,1H3,(H,22,24)(H,23,25). The molecular formula is C20H20ClN3O. The van der Waals surface area contributed by atoms with E-state index in [1.165, 1.54) is 5.56 Å². The summed E-state index contributed by atoms with van der Waals surface area (Å²) in [6.45, 7) is 2.02. The van der Waals surface area contributed by atoms with Gasteiger partial charge in [-0.1, -0.05) is 54.1 Å². The Labute approximate surface area is 152 Å². The van der Waals surface area contributed by atoms with E-state index in [4.69, 9.17) is 11.6 Å². The zero-order valence-electron chi connectivity index (χ0n) is 14.0. The van der Waals surface area contributed by atoms with E-state index in [-0.39, 0.29) is 11.9 Å². The molecule has 0 fully saturated rings. The number of nitrogens with zero attached hydrogens (tertiary/aromatic N) is 1. The Kier molecular flexibility index (Phi) is 5.51. The largest absolute Gasteiger partial charge is 0.349 e. The SMILES string of the molecule is CC(CCc1ccccc1)NC(=O)c1cn[nH]c1-c1ccc(Cl)cc1. The molecule has 0 spiro atoms. The maximum Gasteiger partial charge on any atom is 0.255 e. The highest BCUT2D eigenvalue weighted by Crippen LogP contribution is 2.23.